The molecule has 0 aliphatic heterocycles. The third-order valence-electron chi connectivity index (χ3n) is 9.01. The fraction of sp³-hybridized carbons (Fsp3) is 0. The van der Waals surface area contributed by atoms with Crippen molar-refractivity contribution in [1.82, 2.24) is 9.55 Å². The molecule has 0 unspecified atom stereocenters. The van der Waals surface area contributed by atoms with E-state index < -0.39 is 0 Å². The van der Waals surface area contributed by atoms with Crippen LogP contribution in [0.1, 0.15) is 0 Å². The van der Waals surface area contributed by atoms with Gasteiger partial charge in [-0.05, 0) is 53.6 Å². The average Bonchev–Trinajstić information content (AvgIpc) is 3.78. The van der Waals surface area contributed by atoms with Crippen molar-refractivity contribution >= 4 is 75.3 Å². The number of fused-ring (bicyclic) bond motifs is 10. The Labute approximate surface area is 262 Å². The highest BCUT2D eigenvalue weighted by Gasteiger charge is 2.20. The van der Waals surface area contributed by atoms with E-state index in [1.807, 2.05) is 23.5 Å². The molecule has 0 fully saturated rings. The highest BCUT2D eigenvalue weighted by molar-refractivity contribution is 7.26. The molecule has 10 aromatic rings. The van der Waals surface area contributed by atoms with Gasteiger partial charge in [0.25, 0.3) is 0 Å². The fourth-order valence-corrected chi connectivity index (χ4v) is 8.26. The summed E-state index contributed by atoms with van der Waals surface area (Å²) >= 11 is 1.87. The van der Waals surface area contributed by atoms with Crippen molar-refractivity contribution in [3.05, 3.63) is 146 Å². The van der Waals surface area contributed by atoms with Crippen LogP contribution in [0.15, 0.2) is 150 Å². The van der Waals surface area contributed by atoms with Crippen LogP contribution in [0.4, 0.5) is 0 Å². The van der Waals surface area contributed by atoms with Crippen LogP contribution < -0.4 is 0 Å². The van der Waals surface area contributed by atoms with Gasteiger partial charge >= 0.3 is 0 Å². The molecule has 6 aromatic carbocycles. The topological polar surface area (TPSA) is 31.0 Å². The van der Waals surface area contributed by atoms with E-state index in [0.29, 0.717) is 0 Å². The van der Waals surface area contributed by atoms with Gasteiger partial charge in [0, 0.05) is 47.3 Å². The molecule has 4 heterocycles. The molecule has 10 rings (SSSR count). The molecule has 0 bridgehead atoms. The Morgan fingerprint density at radius 2 is 1.29 bits per heavy atom. The van der Waals surface area contributed by atoms with Crippen LogP contribution in [-0.2, 0) is 0 Å². The normalized spacial score (nSPS) is 12.0. The van der Waals surface area contributed by atoms with E-state index in [0.717, 1.165) is 61.2 Å². The maximum absolute atomic E-state index is 6.49. The molecule has 3 nitrogen and oxygen atoms in total. The van der Waals surface area contributed by atoms with E-state index in [9.17, 15) is 0 Å². The number of furan rings is 1. The Bertz CT molecular complexity index is 2770. The summed E-state index contributed by atoms with van der Waals surface area (Å²) in [7, 11) is 0. The standard InChI is InChI=1S/C41H24N2OS/c1-2-11-25(12-3-1)26-23-33(31-17-10-16-29-27-13-5-8-19-36(27)44-40(29)31)42-38(24-26)43-34-18-7-4-15-32(34)39-35(43)22-21-30-28-14-6-9-20-37(28)45-41(30)39/h1-24H. The average molecular weight is 593 g/mol. The zero-order chi connectivity index (χ0) is 29.5. The van der Waals surface area contributed by atoms with Crippen molar-refractivity contribution in [1.29, 1.82) is 0 Å². The number of aromatic nitrogens is 2. The molecular formula is C41H24N2OS. The Kier molecular flexibility index (Phi) is 5.16. The molecule has 0 spiro atoms. The lowest BCUT2D eigenvalue weighted by atomic mass is 10.0. The first kappa shape index (κ1) is 24.7. The number of nitrogens with zero attached hydrogens (tertiary/aromatic N) is 2. The van der Waals surface area contributed by atoms with E-state index in [1.165, 1.54) is 30.9 Å². The SMILES string of the molecule is c1ccc(-c2cc(-c3cccc4c3oc3ccccc34)nc(-n3c4ccccc4c4c5sc6ccccc6c5ccc43)c2)cc1. The summed E-state index contributed by atoms with van der Waals surface area (Å²) in [6.07, 6.45) is 0. The second-order valence-electron chi connectivity index (χ2n) is 11.5. The van der Waals surface area contributed by atoms with Gasteiger partial charge in [-0.1, -0.05) is 103 Å². The minimum Gasteiger partial charge on any atom is -0.455 e. The van der Waals surface area contributed by atoms with Crippen LogP contribution in [-0.4, -0.2) is 9.55 Å². The molecule has 210 valence electrons. The van der Waals surface area contributed by atoms with Crippen molar-refractivity contribution in [3.8, 4) is 28.2 Å². The summed E-state index contributed by atoms with van der Waals surface area (Å²) in [5, 5.41) is 7.33. The van der Waals surface area contributed by atoms with Crippen molar-refractivity contribution in [2.75, 3.05) is 0 Å². The second-order valence-corrected chi connectivity index (χ2v) is 12.6. The predicted octanol–water partition coefficient (Wildman–Crippen LogP) is 11.8. The van der Waals surface area contributed by atoms with Crippen molar-refractivity contribution < 1.29 is 4.42 Å². The van der Waals surface area contributed by atoms with Crippen LogP contribution >= 0.6 is 11.3 Å². The van der Waals surface area contributed by atoms with Gasteiger partial charge in [0.2, 0.25) is 0 Å². The number of benzene rings is 6. The lowest BCUT2D eigenvalue weighted by Crippen LogP contribution is -2.00. The van der Waals surface area contributed by atoms with E-state index in [-0.39, 0.29) is 0 Å². The molecule has 45 heavy (non-hydrogen) atoms. The van der Waals surface area contributed by atoms with E-state index in [4.69, 9.17) is 9.40 Å². The first-order valence-electron chi connectivity index (χ1n) is 15.1. The van der Waals surface area contributed by atoms with Crippen LogP contribution in [0.3, 0.4) is 0 Å². The maximum Gasteiger partial charge on any atom is 0.144 e. The summed E-state index contributed by atoms with van der Waals surface area (Å²) in [5.41, 5.74) is 8.15. The van der Waals surface area contributed by atoms with Crippen LogP contribution in [0.25, 0.3) is 92.1 Å². The van der Waals surface area contributed by atoms with Crippen LogP contribution in [0.5, 0.6) is 0 Å². The number of para-hydroxylation sites is 3. The Hall–Kier alpha value is -5.71. The molecule has 4 aromatic heterocycles. The molecule has 0 saturated carbocycles. The quantitative estimate of drug-likeness (QED) is 0.204. The number of hydrogen-bond acceptors (Lipinski definition) is 3. The van der Waals surface area contributed by atoms with Gasteiger partial charge in [-0.15, -0.1) is 11.3 Å². The highest BCUT2D eigenvalue weighted by Crippen LogP contribution is 2.44. The molecular weight excluding hydrogens is 569 g/mol. The minimum atomic E-state index is 0.858. The summed E-state index contributed by atoms with van der Waals surface area (Å²) in [4.78, 5) is 5.42. The molecule has 0 aliphatic rings. The highest BCUT2D eigenvalue weighted by atomic mass is 32.1. The number of rotatable bonds is 3. The predicted molar refractivity (Wildman–Crippen MR) is 190 cm³/mol. The number of pyridine rings is 1. The largest absolute Gasteiger partial charge is 0.455 e. The minimum absolute atomic E-state index is 0.858. The molecule has 0 N–H and O–H groups in total. The van der Waals surface area contributed by atoms with Crippen LogP contribution in [0.2, 0.25) is 0 Å². The zero-order valence-electron chi connectivity index (χ0n) is 24.1. The van der Waals surface area contributed by atoms with Crippen molar-refractivity contribution in [3.63, 3.8) is 0 Å². The maximum atomic E-state index is 6.49. The van der Waals surface area contributed by atoms with Crippen molar-refractivity contribution in [2.45, 2.75) is 0 Å². The van der Waals surface area contributed by atoms with E-state index in [2.05, 4.69) is 138 Å². The molecule has 0 saturated heterocycles. The van der Waals surface area contributed by atoms with E-state index in [1.54, 1.807) is 0 Å². The zero-order valence-corrected chi connectivity index (χ0v) is 24.9. The lowest BCUT2D eigenvalue weighted by molar-refractivity contribution is 0.670. The van der Waals surface area contributed by atoms with Gasteiger partial charge < -0.3 is 4.42 Å². The van der Waals surface area contributed by atoms with Gasteiger partial charge in [0.05, 0.1) is 16.7 Å². The summed E-state index contributed by atoms with van der Waals surface area (Å²) < 4.78 is 11.4. The van der Waals surface area contributed by atoms with Crippen LogP contribution in [0, 0.1) is 0 Å². The van der Waals surface area contributed by atoms with Gasteiger partial charge in [-0.25, -0.2) is 4.98 Å². The number of hydrogen-bond donors (Lipinski definition) is 0. The third-order valence-corrected chi connectivity index (χ3v) is 10.2. The first-order valence-corrected chi connectivity index (χ1v) is 16.0. The smallest absolute Gasteiger partial charge is 0.144 e. The number of thiophene rings is 1. The molecule has 0 aliphatic carbocycles. The Morgan fingerprint density at radius 3 is 2.20 bits per heavy atom. The third kappa shape index (κ3) is 3.60. The van der Waals surface area contributed by atoms with Crippen molar-refractivity contribution in [2.24, 2.45) is 0 Å². The van der Waals surface area contributed by atoms with Gasteiger partial charge in [-0.2, -0.15) is 0 Å². The lowest BCUT2D eigenvalue weighted by Gasteiger charge is -2.13. The van der Waals surface area contributed by atoms with Gasteiger partial charge in [0.1, 0.15) is 17.0 Å². The molecule has 0 atom stereocenters. The summed E-state index contributed by atoms with van der Waals surface area (Å²) in [6, 6.07) is 51.6. The summed E-state index contributed by atoms with van der Waals surface area (Å²) in [5.74, 6) is 0.881. The molecule has 0 amide bonds. The molecule has 4 heteroatoms. The van der Waals surface area contributed by atoms with E-state index >= 15 is 0 Å². The van der Waals surface area contributed by atoms with Gasteiger partial charge in [0.15, 0.2) is 0 Å². The second kappa shape index (κ2) is 9.39. The summed E-state index contributed by atoms with van der Waals surface area (Å²) in [6.45, 7) is 0. The Balaban J connectivity index is 1.31. The molecule has 0 radical (unpaired) electrons. The Morgan fingerprint density at radius 1 is 0.533 bits per heavy atom. The first-order chi connectivity index (χ1) is 22.3. The fourth-order valence-electron chi connectivity index (χ4n) is 7.00. The van der Waals surface area contributed by atoms with Gasteiger partial charge in [-0.3, -0.25) is 4.57 Å². The monoisotopic (exact) mass is 592 g/mol.